The zero-order chi connectivity index (χ0) is 13.1. The molecule has 2 fully saturated rings. The summed E-state index contributed by atoms with van der Waals surface area (Å²) in [6.07, 6.45) is 5.73. The standard InChI is InChI=1S/C15H29FN2/c1-12-4-6-13(7-5-12)10-18(3)15-8-9-17(2)11-14(15)16/h12-15H,4-11H2,1-3H3. The van der Waals surface area contributed by atoms with Gasteiger partial charge in [-0.2, -0.15) is 0 Å². The van der Waals surface area contributed by atoms with E-state index in [1.807, 2.05) is 7.05 Å². The Morgan fingerprint density at radius 3 is 2.44 bits per heavy atom. The summed E-state index contributed by atoms with van der Waals surface area (Å²) >= 11 is 0. The molecule has 106 valence electrons. The Kier molecular flexibility index (Phi) is 5.02. The highest BCUT2D eigenvalue weighted by Gasteiger charge is 2.31. The normalized spacial score (nSPS) is 39.2. The summed E-state index contributed by atoms with van der Waals surface area (Å²) in [5.74, 6) is 1.71. The SMILES string of the molecule is CC1CCC(CN(C)C2CCN(C)CC2F)CC1. The monoisotopic (exact) mass is 256 g/mol. The fourth-order valence-electron chi connectivity index (χ4n) is 3.60. The van der Waals surface area contributed by atoms with Crippen LogP contribution in [0.2, 0.25) is 0 Å². The molecule has 2 aliphatic rings. The molecule has 1 aliphatic heterocycles. The van der Waals surface area contributed by atoms with Crippen molar-refractivity contribution in [2.45, 2.75) is 51.2 Å². The number of alkyl halides is 1. The summed E-state index contributed by atoms with van der Waals surface area (Å²) in [4.78, 5) is 4.41. The van der Waals surface area contributed by atoms with Crippen LogP contribution >= 0.6 is 0 Å². The lowest BCUT2D eigenvalue weighted by Gasteiger charge is -2.40. The third-order valence-electron chi connectivity index (χ3n) is 4.96. The van der Waals surface area contributed by atoms with Crippen molar-refractivity contribution >= 4 is 0 Å². The molecule has 3 heteroatoms. The minimum atomic E-state index is -0.670. The van der Waals surface area contributed by atoms with E-state index >= 15 is 0 Å². The quantitative estimate of drug-likeness (QED) is 0.766. The number of likely N-dealkylation sites (tertiary alicyclic amines) is 1. The van der Waals surface area contributed by atoms with E-state index in [0.717, 1.165) is 31.3 Å². The van der Waals surface area contributed by atoms with Crippen LogP contribution in [0.3, 0.4) is 0 Å². The van der Waals surface area contributed by atoms with Crippen molar-refractivity contribution in [3.05, 3.63) is 0 Å². The molecule has 0 N–H and O–H groups in total. The summed E-state index contributed by atoms with van der Waals surface area (Å²) in [5.41, 5.74) is 0. The molecule has 1 saturated carbocycles. The van der Waals surface area contributed by atoms with Gasteiger partial charge in [0.2, 0.25) is 0 Å². The van der Waals surface area contributed by atoms with Crippen LogP contribution in [0.5, 0.6) is 0 Å². The van der Waals surface area contributed by atoms with Gasteiger partial charge in [0.05, 0.1) is 0 Å². The predicted octanol–water partition coefficient (Wildman–Crippen LogP) is 2.79. The van der Waals surface area contributed by atoms with Crippen molar-refractivity contribution in [3.63, 3.8) is 0 Å². The summed E-state index contributed by atoms with van der Waals surface area (Å²) in [5, 5.41) is 0. The van der Waals surface area contributed by atoms with Crippen molar-refractivity contribution in [3.8, 4) is 0 Å². The lowest BCUT2D eigenvalue weighted by molar-refractivity contribution is 0.0451. The first-order valence-corrected chi connectivity index (χ1v) is 7.59. The third kappa shape index (κ3) is 3.67. The van der Waals surface area contributed by atoms with Crippen LogP contribution in [0.1, 0.15) is 39.0 Å². The van der Waals surface area contributed by atoms with Gasteiger partial charge < -0.3 is 9.80 Å². The number of halogens is 1. The highest BCUT2D eigenvalue weighted by Crippen LogP contribution is 2.29. The molecule has 1 aliphatic carbocycles. The van der Waals surface area contributed by atoms with Gasteiger partial charge in [-0.1, -0.05) is 19.8 Å². The molecule has 0 amide bonds. The van der Waals surface area contributed by atoms with Gasteiger partial charge in [-0.25, -0.2) is 4.39 Å². The van der Waals surface area contributed by atoms with Gasteiger partial charge in [-0.05, 0) is 51.7 Å². The summed E-state index contributed by atoms with van der Waals surface area (Å²) < 4.78 is 14.1. The molecule has 18 heavy (non-hydrogen) atoms. The molecular weight excluding hydrogens is 227 g/mol. The second-order valence-corrected chi connectivity index (χ2v) is 6.70. The lowest BCUT2D eigenvalue weighted by atomic mass is 9.82. The maximum absolute atomic E-state index is 14.1. The second-order valence-electron chi connectivity index (χ2n) is 6.70. The molecule has 1 heterocycles. The number of hydrogen-bond acceptors (Lipinski definition) is 2. The van der Waals surface area contributed by atoms with Crippen molar-refractivity contribution in [2.75, 3.05) is 33.7 Å². The molecular formula is C15H29FN2. The first kappa shape index (κ1) is 14.3. The van der Waals surface area contributed by atoms with Gasteiger partial charge in [0.15, 0.2) is 0 Å². The lowest BCUT2D eigenvalue weighted by Crippen LogP contribution is -2.51. The number of rotatable bonds is 3. The van der Waals surface area contributed by atoms with Gasteiger partial charge in [0.1, 0.15) is 6.17 Å². The Bertz CT molecular complexity index is 251. The molecule has 2 atom stereocenters. The van der Waals surface area contributed by atoms with Crippen molar-refractivity contribution in [1.82, 2.24) is 9.80 Å². The first-order chi connectivity index (χ1) is 8.56. The van der Waals surface area contributed by atoms with Crippen LogP contribution in [0, 0.1) is 11.8 Å². The van der Waals surface area contributed by atoms with Crippen LogP contribution < -0.4 is 0 Å². The van der Waals surface area contributed by atoms with Gasteiger partial charge >= 0.3 is 0 Å². The maximum Gasteiger partial charge on any atom is 0.128 e. The molecule has 2 unspecified atom stereocenters. The van der Waals surface area contributed by atoms with E-state index in [1.54, 1.807) is 0 Å². The second kappa shape index (κ2) is 6.33. The largest absolute Gasteiger partial charge is 0.303 e. The highest BCUT2D eigenvalue weighted by molar-refractivity contribution is 4.86. The summed E-state index contributed by atoms with van der Waals surface area (Å²) in [6.45, 7) is 5.10. The fourth-order valence-corrected chi connectivity index (χ4v) is 3.60. The Morgan fingerprint density at radius 1 is 1.17 bits per heavy atom. The molecule has 0 aromatic rings. The molecule has 0 radical (unpaired) electrons. The van der Waals surface area contributed by atoms with E-state index < -0.39 is 6.17 Å². The Labute approximate surface area is 112 Å². The molecule has 0 bridgehead atoms. The van der Waals surface area contributed by atoms with Crippen LogP contribution in [-0.2, 0) is 0 Å². The zero-order valence-electron chi connectivity index (χ0n) is 12.2. The van der Waals surface area contributed by atoms with Crippen LogP contribution in [0.25, 0.3) is 0 Å². The molecule has 2 rings (SSSR count). The molecule has 0 aromatic carbocycles. The number of piperidine rings is 1. The van der Waals surface area contributed by atoms with Gasteiger partial charge in [-0.3, -0.25) is 0 Å². The van der Waals surface area contributed by atoms with E-state index in [-0.39, 0.29) is 6.04 Å². The smallest absolute Gasteiger partial charge is 0.128 e. The predicted molar refractivity (Wildman–Crippen MR) is 74.6 cm³/mol. The molecule has 0 spiro atoms. The van der Waals surface area contributed by atoms with Crippen LogP contribution in [0.4, 0.5) is 4.39 Å². The van der Waals surface area contributed by atoms with Gasteiger partial charge in [0.25, 0.3) is 0 Å². The minimum absolute atomic E-state index is 0.153. The van der Waals surface area contributed by atoms with Crippen molar-refractivity contribution in [2.24, 2.45) is 11.8 Å². The minimum Gasteiger partial charge on any atom is -0.303 e. The van der Waals surface area contributed by atoms with E-state index in [1.165, 1.54) is 25.7 Å². The highest BCUT2D eigenvalue weighted by atomic mass is 19.1. The maximum atomic E-state index is 14.1. The Balaban J connectivity index is 1.78. The van der Waals surface area contributed by atoms with E-state index in [2.05, 4.69) is 23.8 Å². The van der Waals surface area contributed by atoms with Gasteiger partial charge in [0, 0.05) is 19.1 Å². The summed E-state index contributed by atoms with van der Waals surface area (Å²) in [7, 11) is 4.14. The number of hydrogen-bond donors (Lipinski definition) is 0. The van der Waals surface area contributed by atoms with Crippen LogP contribution in [-0.4, -0.2) is 55.7 Å². The van der Waals surface area contributed by atoms with E-state index in [4.69, 9.17) is 0 Å². The average molecular weight is 256 g/mol. The Morgan fingerprint density at radius 2 is 1.83 bits per heavy atom. The topological polar surface area (TPSA) is 6.48 Å². The Hall–Kier alpha value is -0.150. The summed E-state index contributed by atoms with van der Waals surface area (Å²) in [6, 6.07) is 0.153. The van der Waals surface area contributed by atoms with Gasteiger partial charge in [-0.15, -0.1) is 0 Å². The van der Waals surface area contributed by atoms with E-state index in [0.29, 0.717) is 6.54 Å². The zero-order valence-corrected chi connectivity index (χ0v) is 12.2. The molecule has 1 saturated heterocycles. The average Bonchev–Trinajstić information content (AvgIpc) is 2.32. The first-order valence-electron chi connectivity index (χ1n) is 7.59. The third-order valence-corrected chi connectivity index (χ3v) is 4.96. The molecule has 0 aromatic heterocycles. The molecule has 2 nitrogen and oxygen atoms in total. The van der Waals surface area contributed by atoms with Crippen molar-refractivity contribution < 1.29 is 4.39 Å². The van der Waals surface area contributed by atoms with Crippen LogP contribution in [0.15, 0.2) is 0 Å². The fraction of sp³-hybridized carbons (Fsp3) is 1.00. The van der Waals surface area contributed by atoms with Crippen molar-refractivity contribution in [1.29, 1.82) is 0 Å². The number of nitrogens with zero attached hydrogens (tertiary/aromatic N) is 2. The van der Waals surface area contributed by atoms with E-state index in [9.17, 15) is 4.39 Å².